The highest BCUT2D eigenvalue weighted by Gasteiger charge is 2.34. The Morgan fingerprint density at radius 3 is 2.28 bits per heavy atom. The number of nitrogens with zero attached hydrogens (tertiary/aromatic N) is 3. The minimum Gasteiger partial charge on any atom is -0.497 e. The average molecular weight is 542 g/mol. The van der Waals surface area contributed by atoms with Gasteiger partial charge in [-0.3, -0.25) is 4.79 Å². The average Bonchev–Trinajstić information content (AvgIpc) is 3.34. The molecule has 1 amide bonds. The van der Waals surface area contributed by atoms with Crippen LogP contribution in [0.15, 0.2) is 83.2 Å². The smallest absolute Gasteiger partial charge is 0.255 e. The van der Waals surface area contributed by atoms with Gasteiger partial charge in [-0.05, 0) is 73.9 Å². The van der Waals surface area contributed by atoms with Crippen LogP contribution in [0.5, 0.6) is 11.5 Å². The third-order valence-electron chi connectivity index (χ3n) is 6.71. The van der Waals surface area contributed by atoms with Crippen molar-refractivity contribution in [2.45, 2.75) is 37.7 Å². The number of ether oxygens (including phenoxy) is 2. The standard InChI is InChI=1S/C30H31N5O3S/c1-18-6-7-22(19(2)16-18)17-39-30-33-29-31-20(3)26(28(36)32-23-10-14-25(38-5)15-11-23)27(35(29)34-30)21-8-12-24(37-4)13-9-21/h6-16,27H,17H2,1-5H3,(H,32,36)(H,31,33,34). The minimum absolute atomic E-state index is 0.225. The third kappa shape index (κ3) is 5.63. The van der Waals surface area contributed by atoms with Crippen LogP contribution >= 0.6 is 11.8 Å². The Bertz CT molecular complexity index is 1530. The molecular formula is C30H31N5O3S. The summed E-state index contributed by atoms with van der Waals surface area (Å²) in [5, 5.41) is 11.8. The van der Waals surface area contributed by atoms with Gasteiger partial charge in [0, 0.05) is 17.1 Å². The molecule has 0 spiro atoms. The number of carbonyl (C=O) groups is 1. The molecule has 1 atom stereocenters. The van der Waals surface area contributed by atoms with Gasteiger partial charge < -0.3 is 20.1 Å². The zero-order valence-corrected chi connectivity index (χ0v) is 23.4. The first kappa shape index (κ1) is 26.4. The number of fused-ring (bicyclic) bond motifs is 1. The van der Waals surface area contributed by atoms with Crippen molar-refractivity contribution >= 4 is 29.3 Å². The van der Waals surface area contributed by atoms with Crippen LogP contribution in [0.4, 0.5) is 11.6 Å². The predicted octanol–water partition coefficient (Wildman–Crippen LogP) is 6.13. The molecule has 4 aromatic rings. The fourth-order valence-electron chi connectivity index (χ4n) is 4.60. The van der Waals surface area contributed by atoms with Crippen LogP contribution in [0.2, 0.25) is 0 Å². The normalized spacial score (nSPS) is 14.4. The van der Waals surface area contributed by atoms with Gasteiger partial charge >= 0.3 is 0 Å². The molecule has 0 aliphatic carbocycles. The maximum atomic E-state index is 13.7. The van der Waals surface area contributed by atoms with Crippen molar-refractivity contribution in [2.75, 3.05) is 24.9 Å². The fraction of sp³-hybridized carbons (Fsp3) is 0.233. The van der Waals surface area contributed by atoms with E-state index in [4.69, 9.17) is 19.6 Å². The fourth-order valence-corrected chi connectivity index (χ4v) is 5.51. The van der Waals surface area contributed by atoms with E-state index in [-0.39, 0.29) is 5.91 Å². The van der Waals surface area contributed by atoms with E-state index >= 15 is 0 Å². The molecule has 1 aliphatic rings. The maximum absolute atomic E-state index is 13.7. The molecule has 39 heavy (non-hydrogen) atoms. The van der Waals surface area contributed by atoms with E-state index in [0.717, 1.165) is 22.8 Å². The third-order valence-corrected chi connectivity index (χ3v) is 7.60. The number of benzene rings is 3. The van der Waals surface area contributed by atoms with E-state index in [9.17, 15) is 4.79 Å². The molecule has 200 valence electrons. The topological polar surface area (TPSA) is 90.3 Å². The van der Waals surface area contributed by atoms with Crippen LogP contribution < -0.4 is 20.1 Å². The molecular weight excluding hydrogens is 510 g/mol. The first-order valence-corrected chi connectivity index (χ1v) is 13.6. The lowest BCUT2D eigenvalue weighted by atomic mass is 9.95. The summed E-state index contributed by atoms with van der Waals surface area (Å²) in [6.07, 6.45) is 0. The largest absolute Gasteiger partial charge is 0.497 e. The van der Waals surface area contributed by atoms with Gasteiger partial charge in [-0.25, -0.2) is 4.68 Å². The number of hydrogen-bond donors (Lipinski definition) is 2. The highest BCUT2D eigenvalue weighted by molar-refractivity contribution is 7.98. The van der Waals surface area contributed by atoms with E-state index in [1.165, 1.54) is 16.7 Å². The van der Waals surface area contributed by atoms with Crippen LogP contribution in [0.3, 0.4) is 0 Å². The number of aromatic nitrogens is 3. The lowest BCUT2D eigenvalue weighted by molar-refractivity contribution is -0.113. The van der Waals surface area contributed by atoms with Gasteiger partial charge in [-0.2, -0.15) is 4.98 Å². The van der Waals surface area contributed by atoms with Gasteiger partial charge in [-0.15, -0.1) is 5.10 Å². The number of anilines is 2. The van der Waals surface area contributed by atoms with Crippen molar-refractivity contribution < 1.29 is 14.3 Å². The molecule has 0 saturated carbocycles. The summed E-state index contributed by atoms with van der Waals surface area (Å²) in [5.41, 5.74) is 6.57. The van der Waals surface area contributed by atoms with Crippen molar-refractivity contribution in [2.24, 2.45) is 0 Å². The first-order chi connectivity index (χ1) is 18.9. The highest BCUT2D eigenvalue weighted by atomic mass is 32.2. The molecule has 2 N–H and O–H groups in total. The van der Waals surface area contributed by atoms with Crippen molar-refractivity contribution in [1.29, 1.82) is 0 Å². The Labute approximate surface area is 232 Å². The molecule has 1 unspecified atom stereocenters. The molecule has 2 heterocycles. The summed E-state index contributed by atoms with van der Waals surface area (Å²) in [5.74, 6) is 2.58. The Balaban J connectivity index is 1.47. The number of aryl methyl sites for hydroxylation is 2. The van der Waals surface area contributed by atoms with Gasteiger partial charge in [0.25, 0.3) is 5.91 Å². The van der Waals surface area contributed by atoms with Crippen molar-refractivity contribution in [1.82, 2.24) is 14.8 Å². The van der Waals surface area contributed by atoms with E-state index in [1.54, 1.807) is 30.7 Å². The van der Waals surface area contributed by atoms with Gasteiger partial charge in [0.15, 0.2) is 0 Å². The van der Waals surface area contributed by atoms with Gasteiger partial charge in [0.1, 0.15) is 17.5 Å². The molecule has 1 aromatic heterocycles. The number of allylic oxidation sites excluding steroid dienone is 1. The minimum atomic E-state index is -0.478. The van der Waals surface area contributed by atoms with E-state index in [0.29, 0.717) is 28.1 Å². The van der Waals surface area contributed by atoms with E-state index in [1.807, 2.05) is 55.5 Å². The molecule has 9 heteroatoms. The molecule has 1 aliphatic heterocycles. The number of rotatable bonds is 8. The number of methoxy groups -OCH3 is 2. The van der Waals surface area contributed by atoms with Gasteiger partial charge in [0.05, 0.1) is 19.8 Å². The quantitative estimate of drug-likeness (QED) is 0.259. The van der Waals surface area contributed by atoms with Gasteiger partial charge in [0.2, 0.25) is 11.1 Å². The van der Waals surface area contributed by atoms with Crippen molar-refractivity contribution in [3.63, 3.8) is 0 Å². The second-order valence-corrected chi connectivity index (χ2v) is 10.3. The Morgan fingerprint density at radius 1 is 0.974 bits per heavy atom. The Kier molecular flexibility index (Phi) is 7.60. The lowest BCUT2D eigenvalue weighted by Crippen LogP contribution is -2.31. The zero-order chi connectivity index (χ0) is 27.5. The van der Waals surface area contributed by atoms with Crippen LogP contribution in [0, 0.1) is 13.8 Å². The van der Waals surface area contributed by atoms with Crippen LogP contribution in [0.25, 0.3) is 0 Å². The summed E-state index contributed by atoms with van der Waals surface area (Å²) < 4.78 is 12.4. The van der Waals surface area contributed by atoms with Crippen LogP contribution in [-0.2, 0) is 10.5 Å². The number of thioether (sulfide) groups is 1. The highest BCUT2D eigenvalue weighted by Crippen LogP contribution is 2.37. The van der Waals surface area contributed by atoms with Crippen LogP contribution in [0.1, 0.15) is 35.2 Å². The number of amides is 1. The lowest BCUT2D eigenvalue weighted by Gasteiger charge is -2.28. The molecule has 0 saturated heterocycles. The van der Waals surface area contributed by atoms with Crippen molar-refractivity contribution in [3.05, 3.63) is 100 Å². The summed E-state index contributed by atoms with van der Waals surface area (Å²) in [6, 6.07) is 20.9. The molecule has 3 aromatic carbocycles. The predicted molar refractivity (Wildman–Crippen MR) is 155 cm³/mol. The Hall–Kier alpha value is -4.24. The molecule has 0 fully saturated rings. The molecule has 5 rings (SSSR count). The Morgan fingerprint density at radius 2 is 1.64 bits per heavy atom. The SMILES string of the molecule is COc1ccc(NC(=O)C2=C(C)Nc3nc(SCc4ccc(C)cc4C)nn3C2c2ccc(OC)cc2)cc1. The summed E-state index contributed by atoms with van der Waals surface area (Å²) >= 11 is 1.57. The molecule has 8 nitrogen and oxygen atoms in total. The second kappa shape index (κ2) is 11.2. The van der Waals surface area contributed by atoms with E-state index in [2.05, 4.69) is 42.7 Å². The maximum Gasteiger partial charge on any atom is 0.255 e. The summed E-state index contributed by atoms with van der Waals surface area (Å²) in [7, 11) is 3.24. The summed E-state index contributed by atoms with van der Waals surface area (Å²) in [4.78, 5) is 18.5. The zero-order valence-electron chi connectivity index (χ0n) is 22.6. The van der Waals surface area contributed by atoms with Gasteiger partial charge in [-0.1, -0.05) is 47.7 Å². The molecule has 0 radical (unpaired) electrons. The number of carbonyl (C=O) groups excluding carboxylic acids is 1. The molecule has 0 bridgehead atoms. The monoisotopic (exact) mass is 541 g/mol. The first-order valence-electron chi connectivity index (χ1n) is 12.6. The second-order valence-electron chi connectivity index (χ2n) is 9.40. The van der Waals surface area contributed by atoms with Crippen LogP contribution in [-0.4, -0.2) is 34.9 Å². The summed E-state index contributed by atoms with van der Waals surface area (Å²) in [6.45, 7) is 6.11. The number of nitrogens with one attached hydrogen (secondary N) is 2. The number of hydrogen-bond acceptors (Lipinski definition) is 7. The van der Waals surface area contributed by atoms with Crippen molar-refractivity contribution in [3.8, 4) is 11.5 Å². The van der Waals surface area contributed by atoms with E-state index < -0.39 is 6.04 Å².